The van der Waals surface area contributed by atoms with Crippen LogP contribution in [0.2, 0.25) is 0 Å². The van der Waals surface area contributed by atoms with Gasteiger partial charge in [0.1, 0.15) is 24.1 Å². The SMILES string of the molecule is COCc1noc(CCNc2ncnc3onc(C)c23)n1. The number of anilines is 1. The molecule has 9 nitrogen and oxygen atoms in total. The molecule has 110 valence electrons. The fraction of sp³-hybridized carbons (Fsp3) is 0.417. The van der Waals surface area contributed by atoms with Gasteiger partial charge in [-0.3, -0.25) is 0 Å². The maximum atomic E-state index is 5.11. The van der Waals surface area contributed by atoms with E-state index in [-0.39, 0.29) is 0 Å². The Morgan fingerprint density at radius 2 is 2.14 bits per heavy atom. The van der Waals surface area contributed by atoms with Crippen molar-refractivity contribution < 1.29 is 13.8 Å². The van der Waals surface area contributed by atoms with Crippen LogP contribution in [-0.4, -0.2) is 38.9 Å². The zero-order chi connectivity index (χ0) is 14.7. The number of aryl methyl sites for hydroxylation is 1. The Labute approximate surface area is 119 Å². The Hall–Kier alpha value is -2.55. The molecule has 0 spiro atoms. The van der Waals surface area contributed by atoms with Gasteiger partial charge in [0.05, 0.1) is 5.69 Å². The third kappa shape index (κ3) is 2.82. The van der Waals surface area contributed by atoms with Crippen LogP contribution in [0.3, 0.4) is 0 Å². The van der Waals surface area contributed by atoms with Crippen LogP contribution in [0.25, 0.3) is 11.1 Å². The summed E-state index contributed by atoms with van der Waals surface area (Å²) in [4.78, 5) is 12.4. The van der Waals surface area contributed by atoms with Crippen LogP contribution in [0.1, 0.15) is 17.4 Å². The quantitative estimate of drug-likeness (QED) is 0.713. The Morgan fingerprint density at radius 1 is 1.24 bits per heavy atom. The van der Waals surface area contributed by atoms with Crippen LogP contribution < -0.4 is 5.32 Å². The molecule has 0 amide bonds. The highest BCUT2D eigenvalue weighted by Gasteiger charge is 2.12. The zero-order valence-electron chi connectivity index (χ0n) is 11.7. The first kappa shape index (κ1) is 13.4. The minimum atomic E-state index is 0.337. The fourth-order valence-corrected chi connectivity index (χ4v) is 1.92. The molecule has 0 aliphatic rings. The minimum Gasteiger partial charge on any atom is -0.377 e. The number of hydrogen-bond acceptors (Lipinski definition) is 9. The molecule has 9 heteroatoms. The van der Waals surface area contributed by atoms with E-state index < -0.39 is 0 Å². The standard InChI is InChI=1S/C12H14N6O3/c1-7-10-11(14-6-15-12(10)21-17-7)13-4-3-9-16-8(5-19-2)18-20-9/h6H,3-5H2,1-2H3,(H,13,14,15). The molecular weight excluding hydrogens is 276 g/mol. The molecular formula is C12H14N6O3. The molecule has 0 aromatic carbocycles. The van der Waals surface area contributed by atoms with Crippen LogP contribution >= 0.6 is 0 Å². The fourth-order valence-electron chi connectivity index (χ4n) is 1.92. The number of aromatic nitrogens is 5. The molecule has 0 atom stereocenters. The third-order valence-electron chi connectivity index (χ3n) is 2.86. The highest BCUT2D eigenvalue weighted by atomic mass is 16.5. The van der Waals surface area contributed by atoms with E-state index >= 15 is 0 Å². The normalized spacial score (nSPS) is 11.1. The number of nitrogens with zero attached hydrogens (tertiary/aromatic N) is 5. The van der Waals surface area contributed by atoms with Gasteiger partial charge in [-0.25, -0.2) is 4.98 Å². The Morgan fingerprint density at radius 3 is 3.00 bits per heavy atom. The van der Waals surface area contributed by atoms with Gasteiger partial charge in [0.2, 0.25) is 5.89 Å². The average Bonchev–Trinajstić information content (AvgIpc) is 3.08. The largest absolute Gasteiger partial charge is 0.377 e. The zero-order valence-corrected chi connectivity index (χ0v) is 11.7. The van der Waals surface area contributed by atoms with E-state index in [4.69, 9.17) is 13.8 Å². The van der Waals surface area contributed by atoms with Gasteiger partial charge in [0.25, 0.3) is 5.71 Å². The molecule has 0 unspecified atom stereocenters. The summed E-state index contributed by atoms with van der Waals surface area (Å²) in [7, 11) is 1.58. The number of nitrogens with one attached hydrogen (secondary N) is 1. The number of rotatable bonds is 6. The van der Waals surface area contributed by atoms with Gasteiger partial charge in [-0.15, -0.1) is 0 Å². The third-order valence-corrected chi connectivity index (χ3v) is 2.86. The molecule has 3 heterocycles. The summed E-state index contributed by atoms with van der Waals surface area (Å²) in [5.74, 6) is 1.75. The van der Waals surface area contributed by atoms with E-state index in [9.17, 15) is 0 Å². The second-order valence-corrected chi connectivity index (χ2v) is 4.38. The van der Waals surface area contributed by atoms with E-state index in [1.165, 1.54) is 6.33 Å². The van der Waals surface area contributed by atoms with Crippen molar-refractivity contribution in [2.24, 2.45) is 0 Å². The van der Waals surface area contributed by atoms with Crippen molar-refractivity contribution in [3.8, 4) is 0 Å². The summed E-state index contributed by atoms with van der Waals surface area (Å²) in [6, 6.07) is 0. The molecule has 0 bridgehead atoms. The van der Waals surface area contributed by atoms with Crippen molar-refractivity contribution in [3.05, 3.63) is 23.7 Å². The molecule has 0 aliphatic carbocycles. The van der Waals surface area contributed by atoms with Crippen LogP contribution in [0.4, 0.5) is 5.82 Å². The molecule has 3 aromatic heterocycles. The van der Waals surface area contributed by atoms with Crippen LogP contribution in [-0.2, 0) is 17.8 Å². The van der Waals surface area contributed by atoms with Crippen molar-refractivity contribution in [1.82, 2.24) is 25.3 Å². The maximum Gasteiger partial charge on any atom is 0.263 e. The van der Waals surface area contributed by atoms with Crippen LogP contribution in [0, 0.1) is 6.92 Å². The van der Waals surface area contributed by atoms with Crippen molar-refractivity contribution in [1.29, 1.82) is 0 Å². The molecule has 1 N–H and O–H groups in total. The van der Waals surface area contributed by atoms with E-state index in [1.807, 2.05) is 6.92 Å². The summed E-state index contributed by atoms with van der Waals surface area (Å²) < 4.78 is 15.1. The first-order chi connectivity index (χ1) is 10.3. The molecule has 0 radical (unpaired) electrons. The van der Waals surface area contributed by atoms with Gasteiger partial charge in [-0.1, -0.05) is 10.3 Å². The second-order valence-electron chi connectivity index (χ2n) is 4.38. The lowest BCUT2D eigenvalue weighted by Gasteiger charge is -2.03. The number of hydrogen-bond donors (Lipinski definition) is 1. The first-order valence-electron chi connectivity index (χ1n) is 6.39. The lowest BCUT2D eigenvalue weighted by atomic mass is 10.3. The lowest BCUT2D eigenvalue weighted by molar-refractivity contribution is 0.174. The highest BCUT2D eigenvalue weighted by molar-refractivity contribution is 5.87. The first-order valence-corrected chi connectivity index (χ1v) is 6.39. The smallest absolute Gasteiger partial charge is 0.263 e. The molecule has 0 saturated heterocycles. The highest BCUT2D eigenvalue weighted by Crippen LogP contribution is 2.22. The monoisotopic (exact) mass is 290 g/mol. The average molecular weight is 290 g/mol. The summed E-state index contributed by atoms with van der Waals surface area (Å²) in [5.41, 5.74) is 1.21. The number of fused-ring (bicyclic) bond motifs is 1. The van der Waals surface area contributed by atoms with Gasteiger partial charge in [-0.2, -0.15) is 9.97 Å². The summed E-state index contributed by atoms with van der Waals surface area (Å²) in [6.07, 6.45) is 2.01. The van der Waals surface area contributed by atoms with Crippen molar-refractivity contribution in [2.75, 3.05) is 19.0 Å². The summed E-state index contributed by atoms with van der Waals surface area (Å²) >= 11 is 0. The summed E-state index contributed by atoms with van der Waals surface area (Å²) in [6.45, 7) is 2.77. The molecule has 21 heavy (non-hydrogen) atoms. The number of methoxy groups -OCH3 is 1. The molecule has 0 fully saturated rings. The molecule has 3 rings (SSSR count). The predicted octanol–water partition coefficient (Wildman–Crippen LogP) is 1.11. The Balaban J connectivity index is 1.65. The Bertz CT molecular complexity index is 738. The Kier molecular flexibility index (Phi) is 3.73. The number of ether oxygens (including phenoxy) is 1. The van der Waals surface area contributed by atoms with E-state index in [0.29, 0.717) is 42.8 Å². The molecule has 0 saturated carbocycles. The van der Waals surface area contributed by atoms with Gasteiger partial charge in [-0.05, 0) is 6.92 Å². The van der Waals surface area contributed by atoms with Gasteiger partial charge >= 0.3 is 0 Å². The van der Waals surface area contributed by atoms with Gasteiger partial charge in [0.15, 0.2) is 5.82 Å². The van der Waals surface area contributed by atoms with E-state index in [1.54, 1.807) is 7.11 Å². The molecule has 3 aromatic rings. The summed E-state index contributed by atoms with van der Waals surface area (Å²) in [5, 5.41) is 11.6. The van der Waals surface area contributed by atoms with Crippen molar-refractivity contribution >= 4 is 16.9 Å². The second kappa shape index (κ2) is 5.83. The van der Waals surface area contributed by atoms with Crippen molar-refractivity contribution in [3.63, 3.8) is 0 Å². The van der Waals surface area contributed by atoms with Gasteiger partial charge in [0, 0.05) is 20.1 Å². The van der Waals surface area contributed by atoms with Crippen LogP contribution in [0.5, 0.6) is 0 Å². The minimum absolute atomic E-state index is 0.337. The van der Waals surface area contributed by atoms with E-state index in [0.717, 1.165) is 11.1 Å². The topological polar surface area (TPSA) is 112 Å². The molecule has 0 aliphatic heterocycles. The lowest BCUT2D eigenvalue weighted by Crippen LogP contribution is -2.07. The maximum absolute atomic E-state index is 5.11. The predicted molar refractivity (Wildman–Crippen MR) is 71.5 cm³/mol. The van der Waals surface area contributed by atoms with E-state index in [2.05, 4.69) is 30.6 Å². The van der Waals surface area contributed by atoms with Gasteiger partial charge < -0.3 is 19.1 Å². The van der Waals surface area contributed by atoms with Crippen LogP contribution in [0.15, 0.2) is 15.4 Å². The van der Waals surface area contributed by atoms with Crippen molar-refractivity contribution in [2.45, 2.75) is 20.0 Å².